The van der Waals surface area contributed by atoms with E-state index in [1.165, 1.54) is 12.0 Å². The molecule has 0 aromatic carbocycles. The molecular weight excluding hydrogens is 316 g/mol. The van der Waals surface area contributed by atoms with E-state index < -0.39 is 0 Å². The van der Waals surface area contributed by atoms with Crippen LogP contribution in [-0.2, 0) is 13.5 Å². The van der Waals surface area contributed by atoms with E-state index in [-0.39, 0.29) is 12.1 Å². The van der Waals surface area contributed by atoms with Crippen LogP contribution in [-0.4, -0.2) is 43.8 Å². The van der Waals surface area contributed by atoms with Gasteiger partial charge in [0.05, 0.1) is 11.7 Å². The van der Waals surface area contributed by atoms with E-state index in [1.807, 2.05) is 36.6 Å². The van der Waals surface area contributed by atoms with Crippen molar-refractivity contribution >= 4 is 6.03 Å². The van der Waals surface area contributed by atoms with Crippen molar-refractivity contribution in [2.75, 3.05) is 13.1 Å². The van der Waals surface area contributed by atoms with Gasteiger partial charge in [-0.15, -0.1) is 0 Å². The molecule has 0 saturated carbocycles. The quantitative estimate of drug-likeness (QED) is 0.895. The largest absolute Gasteiger partial charge is 0.338 e. The maximum Gasteiger partial charge on any atom is 0.317 e. The lowest BCUT2D eigenvalue weighted by atomic mass is 9.99. The Labute approximate surface area is 148 Å². The number of imidazole rings is 1. The van der Waals surface area contributed by atoms with Gasteiger partial charge in [-0.3, -0.25) is 5.10 Å². The highest BCUT2D eigenvalue weighted by atomic mass is 16.2. The fraction of sp³-hybridized carbons (Fsp3) is 0.611. The molecule has 136 valence electrons. The van der Waals surface area contributed by atoms with Gasteiger partial charge in [-0.25, -0.2) is 9.78 Å². The van der Waals surface area contributed by atoms with Gasteiger partial charge in [0.1, 0.15) is 5.82 Å². The molecule has 2 aromatic heterocycles. The number of carbonyl (C=O) groups is 1. The molecule has 1 aliphatic rings. The number of H-pyrrole nitrogens is 1. The number of carbonyl (C=O) groups excluding carboxylic acids is 1. The predicted molar refractivity (Wildman–Crippen MR) is 96.3 cm³/mol. The molecule has 0 bridgehead atoms. The van der Waals surface area contributed by atoms with Crippen molar-refractivity contribution < 1.29 is 4.79 Å². The Kier molecular flexibility index (Phi) is 5.40. The molecule has 1 fully saturated rings. The molecule has 3 rings (SSSR count). The summed E-state index contributed by atoms with van der Waals surface area (Å²) in [7, 11) is 1.97. The second kappa shape index (κ2) is 7.72. The molecule has 25 heavy (non-hydrogen) atoms. The number of likely N-dealkylation sites (tertiary alicyclic amines) is 1. The van der Waals surface area contributed by atoms with E-state index in [2.05, 4.69) is 20.5 Å². The first kappa shape index (κ1) is 17.5. The van der Waals surface area contributed by atoms with Crippen LogP contribution in [0.5, 0.6) is 0 Å². The van der Waals surface area contributed by atoms with Gasteiger partial charge in [-0.05, 0) is 26.7 Å². The van der Waals surface area contributed by atoms with Crippen LogP contribution in [0.15, 0.2) is 12.4 Å². The summed E-state index contributed by atoms with van der Waals surface area (Å²) in [6.07, 6.45) is 8.80. The van der Waals surface area contributed by atoms with Gasteiger partial charge in [-0.1, -0.05) is 12.8 Å². The van der Waals surface area contributed by atoms with Crippen molar-refractivity contribution in [2.45, 2.75) is 52.0 Å². The van der Waals surface area contributed by atoms with E-state index in [4.69, 9.17) is 0 Å². The zero-order valence-electron chi connectivity index (χ0n) is 15.4. The van der Waals surface area contributed by atoms with Crippen LogP contribution in [0.2, 0.25) is 0 Å². The molecule has 1 unspecified atom stereocenters. The summed E-state index contributed by atoms with van der Waals surface area (Å²) in [5, 5.41) is 10.5. The van der Waals surface area contributed by atoms with Crippen LogP contribution in [0, 0.1) is 13.8 Å². The Morgan fingerprint density at radius 3 is 2.88 bits per heavy atom. The SMILES string of the molecule is Cc1n[nH]c(C)c1C1CCCCCN1C(=O)NCCc1nccn1C. The first-order valence-electron chi connectivity index (χ1n) is 9.10. The molecule has 0 spiro atoms. The minimum atomic E-state index is 0.0149. The highest BCUT2D eigenvalue weighted by molar-refractivity contribution is 5.75. The van der Waals surface area contributed by atoms with E-state index in [1.54, 1.807) is 6.20 Å². The highest BCUT2D eigenvalue weighted by Crippen LogP contribution is 2.33. The molecule has 1 atom stereocenters. The Balaban J connectivity index is 1.68. The molecule has 1 saturated heterocycles. The number of nitrogens with one attached hydrogen (secondary N) is 2. The van der Waals surface area contributed by atoms with Gasteiger partial charge >= 0.3 is 6.03 Å². The number of nitrogens with zero attached hydrogens (tertiary/aromatic N) is 4. The number of hydrogen-bond acceptors (Lipinski definition) is 3. The standard InChI is InChI=1S/C18H28N6O/c1-13-17(14(2)22-21-13)15-7-5-4-6-11-24(15)18(25)20-9-8-16-19-10-12-23(16)3/h10,12,15H,4-9,11H2,1-3H3,(H,20,25)(H,21,22). The summed E-state index contributed by atoms with van der Waals surface area (Å²) in [5.74, 6) is 0.981. The molecule has 7 nitrogen and oxygen atoms in total. The van der Waals surface area contributed by atoms with Gasteiger partial charge < -0.3 is 14.8 Å². The lowest BCUT2D eigenvalue weighted by Gasteiger charge is -2.30. The Morgan fingerprint density at radius 1 is 1.36 bits per heavy atom. The number of urea groups is 1. The van der Waals surface area contributed by atoms with Crippen LogP contribution in [0.1, 0.15) is 54.5 Å². The molecule has 2 aromatic rings. The Hall–Kier alpha value is -2.31. The van der Waals surface area contributed by atoms with Crippen molar-refractivity contribution in [3.8, 4) is 0 Å². The Morgan fingerprint density at radius 2 is 2.20 bits per heavy atom. The minimum absolute atomic E-state index is 0.0149. The van der Waals surface area contributed by atoms with Crippen LogP contribution in [0.3, 0.4) is 0 Å². The third-order valence-electron chi connectivity index (χ3n) is 5.08. The fourth-order valence-corrected chi connectivity index (χ4v) is 3.72. The molecule has 3 heterocycles. The van der Waals surface area contributed by atoms with Crippen LogP contribution < -0.4 is 5.32 Å². The van der Waals surface area contributed by atoms with Crippen molar-refractivity contribution in [2.24, 2.45) is 7.05 Å². The number of aromatic amines is 1. The second-order valence-corrected chi connectivity index (χ2v) is 6.84. The number of aromatic nitrogens is 4. The summed E-state index contributed by atoms with van der Waals surface area (Å²) in [4.78, 5) is 19.2. The number of amides is 2. The van der Waals surface area contributed by atoms with Crippen LogP contribution in [0.4, 0.5) is 4.79 Å². The second-order valence-electron chi connectivity index (χ2n) is 6.84. The molecule has 0 aliphatic carbocycles. The first-order chi connectivity index (χ1) is 12.1. The van der Waals surface area contributed by atoms with Crippen molar-refractivity contribution in [1.29, 1.82) is 0 Å². The maximum absolute atomic E-state index is 12.8. The summed E-state index contributed by atoms with van der Waals surface area (Å²) in [5.41, 5.74) is 3.24. The van der Waals surface area contributed by atoms with Gasteiger partial charge in [0.25, 0.3) is 0 Å². The summed E-state index contributed by atoms with van der Waals surface area (Å²) < 4.78 is 1.99. The molecule has 0 radical (unpaired) electrons. The number of rotatable bonds is 4. The lowest BCUT2D eigenvalue weighted by molar-refractivity contribution is 0.175. The van der Waals surface area contributed by atoms with E-state index >= 15 is 0 Å². The molecular formula is C18H28N6O. The lowest BCUT2D eigenvalue weighted by Crippen LogP contribution is -2.43. The van der Waals surface area contributed by atoms with E-state index in [9.17, 15) is 4.79 Å². The smallest absolute Gasteiger partial charge is 0.317 e. The van der Waals surface area contributed by atoms with Gasteiger partial charge in [-0.2, -0.15) is 5.10 Å². The van der Waals surface area contributed by atoms with Gasteiger partial charge in [0, 0.05) is 50.2 Å². The average molecular weight is 344 g/mol. The van der Waals surface area contributed by atoms with Crippen molar-refractivity contribution in [3.63, 3.8) is 0 Å². The molecule has 1 aliphatic heterocycles. The zero-order valence-corrected chi connectivity index (χ0v) is 15.4. The summed E-state index contributed by atoms with van der Waals surface area (Å²) in [6, 6.07) is 0.121. The van der Waals surface area contributed by atoms with E-state index in [0.29, 0.717) is 6.54 Å². The third-order valence-corrected chi connectivity index (χ3v) is 5.08. The monoisotopic (exact) mass is 344 g/mol. The first-order valence-corrected chi connectivity index (χ1v) is 9.10. The predicted octanol–water partition coefficient (Wildman–Crippen LogP) is 2.63. The van der Waals surface area contributed by atoms with Crippen LogP contribution >= 0.6 is 0 Å². The molecule has 2 N–H and O–H groups in total. The van der Waals surface area contributed by atoms with Gasteiger partial charge in [0.15, 0.2) is 0 Å². The van der Waals surface area contributed by atoms with Crippen molar-refractivity contribution in [1.82, 2.24) is 30.0 Å². The van der Waals surface area contributed by atoms with Gasteiger partial charge in [0.2, 0.25) is 0 Å². The average Bonchev–Trinajstić information content (AvgIpc) is 3.04. The van der Waals surface area contributed by atoms with Crippen LogP contribution in [0.25, 0.3) is 0 Å². The van der Waals surface area contributed by atoms with E-state index in [0.717, 1.165) is 49.4 Å². The minimum Gasteiger partial charge on any atom is -0.338 e. The topological polar surface area (TPSA) is 78.8 Å². The maximum atomic E-state index is 12.8. The molecule has 7 heteroatoms. The molecule has 2 amide bonds. The number of hydrogen-bond donors (Lipinski definition) is 2. The zero-order chi connectivity index (χ0) is 17.8. The number of aryl methyl sites for hydroxylation is 3. The summed E-state index contributed by atoms with van der Waals surface area (Å²) in [6.45, 7) is 5.44. The Bertz CT molecular complexity index is 699. The third kappa shape index (κ3) is 3.86. The fourth-order valence-electron chi connectivity index (χ4n) is 3.72. The highest BCUT2D eigenvalue weighted by Gasteiger charge is 2.29. The normalized spacial score (nSPS) is 18.2. The van der Waals surface area contributed by atoms with Crippen molar-refractivity contribution in [3.05, 3.63) is 35.2 Å². The summed E-state index contributed by atoms with van der Waals surface area (Å²) >= 11 is 0.